The summed E-state index contributed by atoms with van der Waals surface area (Å²) in [6.07, 6.45) is 3.49. The van der Waals surface area contributed by atoms with Crippen molar-refractivity contribution in [2.24, 2.45) is 0 Å². The summed E-state index contributed by atoms with van der Waals surface area (Å²) in [5, 5.41) is 5.81. The normalized spacial score (nSPS) is 10.4. The zero-order valence-electron chi connectivity index (χ0n) is 12.1. The molecule has 0 fully saturated rings. The number of amides is 1. The lowest BCUT2D eigenvalue weighted by atomic mass is 10.1. The minimum atomic E-state index is -0.0726. The molecule has 2 heterocycles. The van der Waals surface area contributed by atoms with Gasteiger partial charge in [0.15, 0.2) is 0 Å². The van der Waals surface area contributed by atoms with E-state index in [1.54, 1.807) is 23.7 Å². The van der Waals surface area contributed by atoms with Gasteiger partial charge in [0.2, 0.25) is 0 Å². The number of pyridine rings is 1. The summed E-state index contributed by atoms with van der Waals surface area (Å²) in [6, 6.07) is 11.4. The second-order valence-corrected chi connectivity index (χ2v) is 5.74. The van der Waals surface area contributed by atoms with E-state index in [9.17, 15) is 4.79 Å². The highest BCUT2D eigenvalue weighted by Crippen LogP contribution is 2.22. The van der Waals surface area contributed by atoms with Crippen molar-refractivity contribution in [1.82, 2.24) is 15.3 Å². The summed E-state index contributed by atoms with van der Waals surface area (Å²) in [5.41, 5.74) is 3.57. The smallest absolute Gasteiger partial charge is 0.251 e. The van der Waals surface area contributed by atoms with E-state index in [2.05, 4.69) is 15.3 Å². The van der Waals surface area contributed by atoms with Gasteiger partial charge in [0, 0.05) is 28.9 Å². The van der Waals surface area contributed by atoms with Crippen molar-refractivity contribution in [2.45, 2.75) is 13.5 Å². The van der Waals surface area contributed by atoms with Gasteiger partial charge in [-0.1, -0.05) is 18.2 Å². The summed E-state index contributed by atoms with van der Waals surface area (Å²) in [7, 11) is 0. The van der Waals surface area contributed by atoms with E-state index in [4.69, 9.17) is 0 Å². The number of carbonyl (C=O) groups excluding carboxylic acids is 1. The van der Waals surface area contributed by atoms with Crippen molar-refractivity contribution in [1.29, 1.82) is 0 Å². The number of thiazole rings is 1. The number of carbonyl (C=O) groups is 1. The average Bonchev–Trinajstić information content (AvgIpc) is 3.03. The molecule has 0 saturated heterocycles. The van der Waals surface area contributed by atoms with Crippen LogP contribution in [-0.2, 0) is 6.54 Å². The Balaban J connectivity index is 1.67. The maximum atomic E-state index is 12.2. The van der Waals surface area contributed by atoms with Crippen LogP contribution in [0.15, 0.2) is 54.2 Å². The second-order valence-electron chi connectivity index (χ2n) is 4.88. The molecule has 0 saturated carbocycles. The summed E-state index contributed by atoms with van der Waals surface area (Å²) in [4.78, 5) is 20.7. The van der Waals surface area contributed by atoms with Crippen molar-refractivity contribution in [3.05, 3.63) is 71.0 Å². The van der Waals surface area contributed by atoms with E-state index in [1.807, 2.05) is 48.7 Å². The molecule has 1 N–H and O–H groups in total. The van der Waals surface area contributed by atoms with Crippen molar-refractivity contribution in [3.63, 3.8) is 0 Å². The third kappa shape index (κ3) is 3.20. The molecule has 2 aromatic heterocycles. The van der Waals surface area contributed by atoms with E-state index in [-0.39, 0.29) is 5.91 Å². The predicted octanol–water partition coefficient (Wildman–Crippen LogP) is 3.44. The molecule has 0 aliphatic carbocycles. The molecule has 22 heavy (non-hydrogen) atoms. The molecule has 1 amide bonds. The van der Waals surface area contributed by atoms with Crippen LogP contribution in [-0.4, -0.2) is 15.9 Å². The number of benzene rings is 1. The number of hydrogen-bond acceptors (Lipinski definition) is 4. The Bertz CT molecular complexity index is 783. The predicted molar refractivity (Wildman–Crippen MR) is 87.7 cm³/mol. The van der Waals surface area contributed by atoms with E-state index in [0.29, 0.717) is 12.1 Å². The van der Waals surface area contributed by atoms with Gasteiger partial charge in [0.25, 0.3) is 5.91 Å². The fourth-order valence-electron chi connectivity index (χ4n) is 2.11. The van der Waals surface area contributed by atoms with Gasteiger partial charge < -0.3 is 5.32 Å². The van der Waals surface area contributed by atoms with Crippen molar-refractivity contribution >= 4 is 17.2 Å². The van der Waals surface area contributed by atoms with E-state index in [1.165, 1.54) is 0 Å². The number of hydrogen-bond donors (Lipinski definition) is 1. The van der Waals surface area contributed by atoms with Crippen LogP contribution in [0.1, 0.15) is 21.6 Å². The lowest BCUT2D eigenvalue weighted by Crippen LogP contribution is -2.23. The fraction of sp³-hybridized carbons (Fsp3) is 0.118. The number of rotatable bonds is 4. The second kappa shape index (κ2) is 6.49. The number of nitrogens with one attached hydrogen (secondary N) is 1. The first kappa shape index (κ1) is 14.4. The molecule has 0 spiro atoms. The number of aromatic nitrogens is 2. The summed E-state index contributed by atoms with van der Waals surface area (Å²) >= 11 is 1.56. The SMILES string of the molecule is Cc1ccccc1C(=O)NCc1csc(-c2ccncc2)n1. The molecule has 0 aliphatic rings. The Hall–Kier alpha value is -2.53. The van der Waals surface area contributed by atoms with Gasteiger partial charge in [-0.15, -0.1) is 11.3 Å². The Morgan fingerprint density at radius 2 is 1.95 bits per heavy atom. The maximum Gasteiger partial charge on any atom is 0.251 e. The van der Waals surface area contributed by atoms with Gasteiger partial charge in [0.05, 0.1) is 12.2 Å². The average molecular weight is 309 g/mol. The molecular formula is C17H15N3OS. The van der Waals surface area contributed by atoms with E-state index in [0.717, 1.165) is 21.8 Å². The fourth-order valence-corrected chi connectivity index (χ4v) is 2.93. The van der Waals surface area contributed by atoms with Crippen LogP contribution in [0.25, 0.3) is 10.6 Å². The Morgan fingerprint density at radius 3 is 2.73 bits per heavy atom. The highest BCUT2D eigenvalue weighted by molar-refractivity contribution is 7.13. The van der Waals surface area contributed by atoms with Gasteiger partial charge in [-0.25, -0.2) is 4.98 Å². The Morgan fingerprint density at radius 1 is 1.18 bits per heavy atom. The van der Waals surface area contributed by atoms with E-state index < -0.39 is 0 Å². The first-order chi connectivity index (χ1) is 10.7. The van der Waals surface area contributed by atoms with Crippen molar-refractivity contribution in [2.75, 3.05) is 0 Å². The third-order valence-corrected chi connectivity index (χ3v) is 4.24. The molecule has 5 heteroatoms. The maximum absolute atomic E-state index is 12.2. The molecule has 0 aliphatic heterocycles. The Kier molecular flexibility index (Phi) is 4.25. The first-order valence-corrected chi connectivity index (χ1v) is 7.80. The van der Waals surface area contributed by atoms with Gasteiger partial charge in [-0.05, 0) is 30.7 Å². The van der Waals surface area contributed by atoms with Crippen LogP contribution in [0.5, 0.6) is 0 Å². The molecular weight excluding hydrogens is 294 g/mol. The van der Waals surface area contributed by atoms with Gasteiger partial charge >= 0.3 is 0 Å². The van der Waals surface area contributed by atoms with Gasteiger partial charge in [-0.2, -0.15) is 0 Å². The zero-order valence-corrected chi connectivity index (χ0v) is 12.9. The monoisotopic (exact) mass is 309 g/mol. The van der Waals surface area contributed by atoms with Crippen molar-refractivity contribution in [3.8, 4) is 10.6 Å². The molecule has 3 rings (SSSR count). The van der Waals surface area contributed by atoms with Crippen LogP contribution in [0.2, 0.25) is 0 Å². The van der Waals surface area contributed by atoms with E-state index >= 15 is 0 Å². The number of aryl methyl sites for hydroxylation is 1. The van der Waals surface area contributed by atoms with Gasteiger partial charge in [-0.3, -0.25) is 9.78 Å². The molecule has 0 atom stereocenters. The van der Waals surface area contributed by atoms with Gasteiger partial charge in [0.1, 0.15) is 5.01 Å². The highest BCUT2D eigenvalue weighted by atomic mass is 32.1. The molecule has 4 nitrogen and oxygen atoms in total. The molecule has 0 radical (unpaired) electrons. The minimum absolute atomic E-state index is 0.0726. The molecule has 3 aromatic rings. The lowest BCUT2D eigenvalue weighted by molar-refractivity contribution is 0.0950. The summed E-state index contributed by atoms with van der Waals surface area (Å²) in [6.45, 7) is 2.36. The number of nitrogens with zero attached hydrogens (tertiary/aromatic N) is 2. The van der Waals surface area contributed by atoms with Crippen molar-refractivity contribution < 1.29 is 4.79 Å². The van der Waals surface area contributed by atoms with Crippen LogP contribution >= 0.6 is 11.3 Å². The Labute approximate surface area is 132 Å². The molecule has 1 aromatic carbocycles. The molecule has 110 valence electrons. The van der Waals surface area contributed by atoms with Crippen LogP contribution in [0, 0.1) is 6.92 Å². The third-order valence-electron chi connectivity index (χ3n) is 3.30. The quantitative estimate of drug-likeness (QED) is 0.803. The highest BCUT2D eigenvalue weighted by Gasteiger charge is 2.09. The topological polar surface area (TPSA) is 54.9 Å². The lowest BCUT2D eigenvalue weighted by Gasteiger charge is -2.05. The summed E-state index contributed by atoms with van der Waals surface area (Å²) < 4.78 is 0. The van der Waals surface area contributed by atoms with Crippen LogP contribution in [0.3, 0.4) is 0 Å². The molecule has 0 bridgehead atoms. The zero-order chi connectivity index (χ0) is 15.4. The largest absolute Gasteiger partial charge is 0.346 e. The van der Waals surface area contributed by atoms with Crippen LogP contribution < -0.4 is 5.32 Å². The molecule has 0 unspecified atom stereocenters. The summed E-state index contributed by atoms with van der Waals surface area (Å²) in [5.74, 6) is -0.0726. The minimum Gasteiger partial charge on any atom is -0.346 e. The van der Waals surface area contributed by atoms with Crippen LogP contribution in [0.4, 0.5) is 0 Å². The standard InChI is InChI=1S/C17H15N3OS/c1-12-4-2-3-5-15(12)16(21)19-10-14-11-22-17(20-14)13-6-8-18-9-7-13/h2-9,11H,10H2,1H3,(H,19,21). The first-order valence-electron chi connectivity index (χ1n) is 6.92.